The maximum Gasteiger partial charge on any atom is 0.397 e. The summed E-state index contributed by atoms with van der Waals surface area (Å²) in [7, 11) is 0. The minimum atomic E-state index is -4.42. The van der Waals surface area contributed by atoms with E-state index in [9.17, 15) is 18.0 Å². The van der Waals surface area contributed by atoms with Gasteiger partial charge in [0.1, 0.15) is 6.42 Å². The van der Waals surface area contributed by atoms with E-state index in [2.05, 4.69) is 0 Å². The van der Waals surface area contributed by atoms with Gasteiger partial charge in [0.15, 0.2) is 0 Å². The molecule has 0 saturated carbocycles. The number of carbonyl (C=O) groups is 1. The lowest BCUT2D eigenvalue weighted by Gasteiger charge is -2.22. The summed E-state index contributed by atoms with van der Waals surface area (Å²) >= 11 is 0. The van der Waals surface area contributed by atoms with Gasteiger partial charge in [-0.25, -0.2) is 0 Å². The monoisotopic (exact) mass is 226 g/mol. The molecule has 0 aromatic rings. The standard InChI is InChI=1S/C9H17F3N2O/c1-2-5-14(6-3-4-13)8(15)7-9(10,11)12/h2-7,13H2,1H3. The fourth-order valence-corrected chi connectivity index (χ4v) is 1.20. The van der Waals surface area contributed by atoms with E-state index >= 15 is 0 Å². The number of alkyl halides is 3. The van der Waals surface area contributed by atoms with Crippen molar-refractivity contribution in [3.63, 3.8) is 0 Å². The molecule has 0 aliphatic carbocycles. The Morgan fingerprint density at radius 2 is 1.93 bits per heavy atom. The van der Waals surface area contributed by atoms with Crippen LogP contribution in [0.1, 0.15) is 26.2 Å². The smallest absolute Gasteiger partial charge is 0.342 e. The number of hydrogen-bond acceptors (Lipinski definition) is 2. The number of nitrogens with zero attached hydrogens (tertiary/aromatic N) is 1. The second-order valence-corrected chi connectivity index (χ2v) is 3.31. The summed E-state index contributed by atoms with van der Waals surface area (Å²) in [6.45, 7) is 2.85. The average Bonchev–Trinajstić information content (AvgIpc) is 2.09. The van der Waals surface area contributed by atoms with Crippen molar-refractivity contribution in [2.45, 2.75) is 32.4 Å². The maximum absolute atomic E-state index is 12.0. The van der Waals surface area contributed by atoms with E-state index in [0.717, 1.165) is 0 Å². The number of hydrogen-bond donors (Lipinski definition) is 1. The summed E-state index contributed by atoms with van der Waals surface area (Å²) in [5.41, 5.74) is 5.24. The normalized spacial score (nSPS) is 11.5. The lowest BCUT2D eigenvalue weighted by molar-refractivity contribution is -0.161. The third kappa shape index (κ3) is 7.18. The molecule has 0 fully saturated rings. The summed E-state index contributed by atoms with van der Waals surface area (Å²) in [6, 6.07) is 0. The van der Waals surface area contributed by atoms with Crippen molar-refractivity contribution in [3.8, 4) is 0 Å². The van der Waals surface area contributed by atoms with Crippen LogP contribution in [0.5, 0.6) is 0 Å². The zero-order chi connectivity index (χ0) is 11.9. The van der Waals surface area contributed by atoms with E-state index in [1.54, 1.807) is 0 Å². The van der Waals surface area contributed by atoms with E-state index in [1.807, 2.05) is 6.92 Å². The molecule has 0 aromatic heterocycles. The van der Waals surface area contributed by atoms with Crippen LogP contribution in [0, 0.1) is 0 Å². The first-order valence-electron chi connectivity index (χ1n) is 4.95. The molecule has 6 heteroatoms. The van der Waals surface area contributed by atoms with Gasteiger partial charge in [-0.3, -0.25) is 4.79 Å². The first kappa shape index (κ1) is 14.2. The number of halogens is 3. The molecule has 0 saturated heterocycles. The van der Waals surface area contributed by atoms with Crippen molar-refractivity contribution in [3.05, 3.63) is 0 Å². The largest absolute Gasteiger partial charge is 0.397 e. The minimum Gasteiger partial charge on any atom is -0.342 e. The van der Waals surface area contributed by atoms with Crippen molar-refractivity contribution in [1.29, 1.82) is 0 Å². The Kier molecular flexibility index (Phi) is 6.31. The van der Waals surface area contributed by atoms with Crippen molar-refractivity contribution in [1.82, 2.24) is 4.90 Å². The van der Waals surface area contributed by atoms with Gasteiger partial charge in [0.2, 0.25) is 5.91 Å². The van der Waals surface area contributed by atoms with Gasteiger partial charge >= 0.3 is 6.18 Å². The first-order chi connectivity index (χ1) is 6.90. The maximum atomic E-state index is 12.0. The van der Waals surface area contributed by atoms with Gasteiger partial charge in [-0.1, -0.05) is 6.92 Å². The third-order valence-electron chi connectivity index (χ3n) is 1.83. The molecule has 3 nitrogen and oxygen atoms in total. The molecule has 0 aromatic carbocycles. The Hall–Kier alpha value is -0.780. The molecule has 1 amide bonds. The van der Waals surface area contributed by atoms with Crippen LogP contribution in [0.3, 0.4) is 0 Å². The fourth-order valence-electron chi connectivity index (χ4n) is 1.20. The molecule has 15 heavy (non-hydrogen) atoms. The lowest BCUT2D eigenvalue weighted by Crippen LogP contribution is -2.36. The van der Waals surface area contributed by atoms with Crippen LogP contribution in [0.15, 0.2) is 0 Å². The highest BCUT2D eigenvalue weighted by Crippen LogP contribution is 2.20. The van der Waals surface area contributed by atoms with Crippen LogP contribution in [0.2, 0.25) is 0 Å². The molecule has 90 valence electrons. The quantitative estimate of drug-likeness (QED) is 0.746. The summed E-state index contributed by atoms with van der Waals surface area (Å²) in [6.07, 6.45) is -4.62. The second kappa shape index (κ2) is 6.66. The zero-order valence-corrected chi connectivity index (χ0v) is 8.81. The topological polar surface area (TPSA) is 46.3 Å². The highest BCUT2D eigenvalue weighted by molar-refractivity contribution is 5.76. The molecular weight excluding hydrogens is 209 g/mol. The molecular formula is C9H17F3N2O. The number of rotatable bonds is 6. The number of nitrogens with two attached hydrogens (primary N) is 1. The highest BCUT2D eigenvalue weighted by Gasteiger charge is 2.33. The van der Waals surface area contributed by atoms with Crippen LogP contribution < -0.4 is 5.73 Å². The Morgan fingerprint density at radius 3 is 2.33 bits per heavy atom. The van der Waals surface area contributed by atoms with Crippen LogP contribution >= 0.6 is 0 Å². The van der Waals surface area contributed by atoms with E-state index in [4.69, 9.17) is 5.73 Å². The Balaban J connectivity index is 4.15. The van der Waals surface area contributed by atoms with Crippen LogP contribution in [0.25, 0.3) is 0 Å². The van der Waals surface area contributed by atoms with E-state index < -0.39 is 18.5 Å². The van der Waals surface area contributed by atoms with Gasteiger partial charge in [-0.05, 0) is 19.4 Å². The summed E-state index contributed by atoms with van der Waals surface area (Å²) in [4.78, 5) is 12.4. The SMILES string of the molecule is CCCN(CCCN)C(=O)CC(F)(F)F. The van der Waals surface area contributed by atoms with Gasteiger partial charge in [-0.2, -0.15) is 13.2 Å². The van der Waals surface area contributed by atoms with Crippen molar-refractivity contribution in [2.24, 2.45) is 5.73 Å². The fraction of sp³-hybridized carbons (Fsp3) is 0.889. The average molecular weight is 226 g/mol. The molecule has 0 aliphatic rings. The van der Waals surface area contributed by atoms with Crippen LogP contribution in [0.4, 0.5) is 13.2 Å². The predicted octanol–water partition coefficient (Wildman–Crippen LogP) is 1.53. The molecule has 0 rings (SSSR count). The van der Waals surface area contributed by atoms with Gasteiger partial charge in [-0.15, -0.1) is 0 Å². The molecule has 2 N–H and O–H groups in total. The molecule has 0 atom stereocenters. The molecule has 0 spiro atoms. The van der Waals surface area contributed by atoms with Gasteiger partial charge in [0.05, 0.1) is 0 Å². The Bertz CT molecular complexity index is 194. The Morgan fingerprint density at radius 1 is 1.33 bits per heavy atom. The first-order valence-corrected chi connectivity index (χ1v) is 4.95. The van der Waals surface area contributed by atoms with E-state index in [-0.39, 0.29) is 0 Å². The van der Waals surface area contributed by atoms with Crippen LogP contribution in [-0.4, -0.2) is 36.6 Å². The van der Waals surface area contributed by atoms with Crippen molar-refractivity contribution >= 4 is 5.91 Å². The van der Waals surface area contributed by atoms with Crippen molar-refractivity contribution < 1.29 is 18.0 Å². The second-order valence-electron chi connectivity index (χ2n) is 3.31. The molecule has 0 unspecified atom stereocenters. The summed E-state index contributed by atoms with van der Waals surface area (Å²) in [5, 5.41) is 0. The number of amides is 1. The predicted molar refractivity (Wildman–Crippen MR) is 51.2 cm³/mol. The van der Waals surface area contributed by atoms with E-state index in [0.29, 0.717) is 32.5 Å². The highest BCUT2D eigenvalue weighted by atomic mass is 19.4. The number of carbonyl (C=O) groups excluding carboxylic acids is 1. The summed E-state index contributed by atoms with van der Waals surface area (Å²) < 4.78 is 35.9. The molecule has 0 radical (unpaired) electrons. The van der Waals surface area contributed by atoms with Crippen molar-refractivity contribution in [2.75, 3.05) is 19.6 Å². The summed E-state index contributed by atoms with van der Waals surface area (Å²) in [5.74, 6) is -0.863. The zero-order valence-electron chi connectivity index (χ0n) is 8.81. The minimum absolute atomic E-state index is 0.305. The molecule has 0 bridgehead atoms. The third-order valence-corrected chi connectivity index (χ3v) is 1.83. The van der Waals surface area contributed by atoms with Gasteiger partial charge in [0, 0.05) is 13.1 Å². The Labute approximate surface area is 87.4 Å². The molecule has 0 aliphatic heterocycles. The lowest BCUT2D eigenvalue weighted by atomic mass is 10.3. The van der Waals surface area contributed by atoms with Gasteiger partial charge in [0.25, 0.3) is 0 Å². The van der Waals surface area contributed by atoms with E-state index in [1.165, 1.54) is 4.90 Å². The van der Waals surface area contributed by atoms with Gasteiger partial charge < -0.3 is 10.6 Å². The van der Waals surface area contributed by atoms with Crippen LogP contribution in [-0.2, 0) is 4.79 Å². The molecule has 0 heterocycles.